The van der Waals surface area contributed by atoms with E-state index in [0.29, 0.717) is 0 Å². The summed E-state index contributed by atoms with van der Waals surface area (Å²) in [6.45, 7) is 9.70. The molecule has 0 unspecified atom stereocenters. The van der Waals surface area contributed by atoms with E-state index >= 15 is 0 Å². The summed E-state index contributed by atoms with van der Waals surface area (Å²) in [5.74, 6) is 0. The minimum absolute atomic E-state index is 0.206. The maximum absolute atomic E-state index is 12.1. The van der Waals surface area contributed by atoms with Crippen molar-refractivity contribution in [2.24, 2.45) is 0 Å². The van der Waals surface area contributed by atoms with Gasteiger partial charge >= 0.3 is 6.09 Å². The summed E-state index contributed by atoms with van der Waals surface area (Å²) >= 11 is 0. The summed E-state index contributed by atoms with van der Waals surface area (Å²) in [6, 6.07) is 4.00. The van der Waals surface area contributed by atoms with Gasteiger partial charge in [0.15, 0.2) is 0 Å². The molecule has 0 aromatic heterocycles. The first-order valence-corrected chi connectivity index (χ1v) is 7.53. The third-order valence-electron chi connectivity index (χ3n) is 3.77. The van der Waals surface area contributed by atoms with Crippen LogP contribution in [0.15, 0.2) is 18.2 Å². The smallest absolute Gasteiger partial charge is 0.408 e. The summed E-state index contributed by atoms with van der Waals surface area (Å²) in [5.41, 5.74) is 4.07. The quantitative estimate of drug-likeness (QED) is 0.901. The molecule has 0 saturated heterocycles. The number of nitrogens with one attached hydrogen (secondary N) is 1. The SMILES string of the molecule is CO[C@H]1C=Cc2cc(C)c(C)cc2[C@@H]1NC(=O)OC(C)(C)C. The van der Waals surface area contributed by atoms with E-state index in [1.54, 1.807) is 7.11 Å². The van der Waals surface area contributed by atoms with E-state index < -0.39 is 11.7 Å². The number of alkyl carbamates (subject to hydrolysis) is 1. The maximum Gasteiger partial charge on any atom is 0.408 e. The van der Waals surface area contributed by atoms with Gasteiger partial charge in [0.1, 0.15) is 11.7 Å². The number of carbonyl (C=O) groups excluding carboxylic acids is 1. The topological polar surface area (TPSA) is 47.6 Å². The standard InChI is InChI=1S/C18H25NO3/c1-11-9-13-7-8-15(21-6)16(14(13)10-12(11)2)19-17(20)22-18(3,4)5/h7-10,15-16H,1-6H3,(H,19,20)/t15-,16-/m0/s1. The molecular weight excluding hydrogens is 278 g/mol. The van der Waals surface area contributed by atoms with Crippen LogP contribution in [0.5, 0.6) is 0 Å². The molecule has 1 aromatic carbocycles. The first-order valence-electron chi connectivity index (χ1n) is 7.53. The highest BCUT2D eigenvalue weighted by Crippen LogP contribution is 2.32. The number of hydrogen-bond acceptors (Lipinski definition) is 3. The van der Waals surface area contributed by atoms with Gasteiger partial charge in [0, 0.05) is 7.11 Å². The van der Waals surface area contributed by atoms with Gasteiger partial charge < -0.3 is 14.8 Å². The van der Waals surface area contributed by atoms with E-state index in [1.165, 1.54) is 11.1 Å². The van der Waals surface area contributed by atoms with Crippen molar-refractivity contribution < 1.29 is 14.3 Å². The molecule has 1 aromatic rings. The highest BCUT2D eigenvalue weighted by molar-refractivity contribution is 5.70. The van der Waals surface area contributed by atoms with Crippen LogP contribution < -0.4 is 5.32 Å². The van der Waals surface area contributed by atoms with Gasteiger partial charge in [-0.05, 0) is 56.9 Å². The Bertz CT molecular complexity index is 599. The molecule has 0 spiro atoms. The molecular formula is C18H25NO3. The predicted molar refractivity (Wildman–Crippen MR) is 87.9 cm³/mol. The maximum atomic E-state index is 12.1. The van der Waals surface area contributed by atoms with Crippen molar-refractivity contribution in [1.29, 1.82) is 0 Å². The molecule has 0 saturated carbocycles. The third-order valence-corrected chi connectivity index (χ3v) is 3.77. The van der Waals surface area contributed by atoms with Crippen LogP contribution in [0.3, 0.4) is 0 Å². The Balaban J connectivity index is 2.31. The van der Waals surface area contributed by atoms with Gasteiger partial charge in [0.2, 0.25) is 0 Å². The number of ether oxygens (including phenoxy) is 2. The summed E-state index contributed by atoms with van der Waals surface area (Å²) in [5, 5.41) is 2.94. The van der Waals surface area contributed by atoms with E-state index in [4.69, 9.17) is 9.47 Å². The number of benzene rings is 1. The average Bonchev–Trinajstić information content (AvgIpc) is 2.39. The molecule has 0 heterocycles. The zero-order valence-electron chi connectivity index (χ0n) is 14.2. The van der Waals surface area contributed by atoms with Crippen LogP contribution >= 0.6 is 0 Å². The van der Waals surface area contributed by atoms with E-state index in [2.05, 4.69) is 31.3 Å². The molecule has 1 amide bonds. The molecule has 2 atom stereocenters. The van der Waals surface area contributed by atoms with E-state index in [-0.39, 0.29) is 12.1 Å². The second kappa shape index (κ2) is 6.13. The molecule has 4 heteroatoms. The van der Waals surface area contributed by atoms with Gasteiger partial charge in [-0.15, -0.1) is 0 Å². The van der Waals surface area contributed by atoms with Crippen molar-refractivity contribution in [3.63, 3.8) is 0 Å². The number of amides is 1. The first-order chi connectivity index (χ1) is 10.2. The molecule has 2 rings (SSSR count). The Kier molecular flexibility index (Phi) is 4.61. The summed E-state index contributed by atoms with van der Waals surface area (Å²) in [6.07, 6.45) is 3.38. The minimum atomic E-state index is -0.525. The lowest BCUT2D eigenvalue weighted by atomic mass is 9.88. The Morgan fingerprint density at radius 3 is 2.41 bits per heavy atom. The highest BCUT2D eigenvalue weighted by Gasteiger charge is 2.30. The van der Waals surface area contributed by atoms with Crippen molar-refractivity contribution in [3.8, 4) is 0 Å². The molecule has 4 nitrogen and oxygen atoms in total. The highest BCUT2D eigenvalue weighted by atomic mass is 16.6. The number of methoxy groups -OCH3 is 1. The fourth-order valence-electron chi connectivity index (χ4n) is 2.57. The fraction of sp³-hybridized carbons (Fsp3) is 0.500. The van der Waals surface area contributed by atoms with Crippen LogP contribution in [-0.4, -0.2) is 24.9 Å². The number of hydrogen-bond donors (Lipinski definition) is 1. The first kappa shape index (κ1) is 16.6. The molecule has 0 bridgehead atoms. The largest absolute Gasteiger partial charge is 0.444 e. The van der Waals surface area contributed by atoms with Crippen LogP contribution in [0.1, 0.15) is 49.1 Å². The lowest BCUT2D eigenvalue weighted by Crippen LogP contribution is -2.41. The number of rotatable bonds is 2. The van der Waals surface area contributed by atoms with Crippen LogP contribution in [-0.2, 0) is 9.47 Å². The second-order valence-corrected chi connectivity index (χ2v) is 6.75. The van der Waals surface area contributed by atoms with Crippen LogP contribution in [0.25, 0.3) is 6.08 Å². The zero-order chi connectivity index (χ0) is 16.5. The van der Waals surface area contributed by atoms with Crippen molar-refractivity contribution in [2.75, 3.05) is 7.11 Å². The molecule has 1 aliphatic rings. The van der Waals surface area contributed by atoms with Crippen LogP contribution in [0, 0.1) is 13.8 Å². The van der Waals surface area contributed by atoms with Crippen LogP contribution in [0.2, 0.25) is 0 Å². The van der Waals surface area contributed by atoms with Crippen LogP contribution in [0.4, 0.5) is 4.79 Å². The van der Waals surface area contributed by atoms with Gasteiger partial charge in [-0.25, -0.2) is 4.79 Å². The van der Waals surface area contributed by atoms with Gasteiger partial charge in [-0.3, -0.25) is 0 Å². The van der Waals surface area contributed by atoms with Crippen molar-refractivity contribution in [3.05, 3.63) is 40.5 Å². The van der Waals surface area contributed by atoms with Gasteiger partial charge in [0.25, 0.3) is 0 Å². The average molecular weight is 303 g/mol. The summed E-state index contributed by atoms with van der Waals surface area (Å²) < 4.78 is 10.9. The third kappa shape index (κ3) is 3.69. The fourth-order valence-corrected chi connectivity index (χ4v) is 2.57. The van der Waals surface area contributed by atoms with Gasteiger partial charge in [0.05, 0.1) is 6.04 Å². The number of carbonyl (C=O) groups is 1. The lowest BCUT2D eigenvalue weighted by molar-refractivity contribution is 0.0410. The zero-order valence-corrected chi connectivity index (χ0v) is 14.2. The molecule has 120 valence electrons. The molecule has 0 fully saturated rings. The molecule has 0 radical (unpaired) electrons. The Hall–Kier alpha value is -1.81. The molecule has 0 aliphatic heterocycles. The Labute approximate surface area is 132 Å². The number of aryl methyl sites for hydroxylation is 2. The van der Waals surface area contributed by atoms with E-state index in [1.807, 2.05) is 32.9 Å². The van der Waals surface area contributed by atoms with Crippen molar-refractivity contribution in [2.45, 2.75) is 52.4 Å². The molecule has 22 heavy (non-hydrogen) atoms. The lowest BCUT2D eigenvalue weighted by Gasteiger charge is -2.31. The molecule has 1 N–H and O–H groups in total. The van der Waals surface area contributed by atoms with E-state index in [9.17, 15) is 4.79 Å². The van der Waals surface area contributed by atoms with Gasteiger partial charge in [-0.1, -0.05) is 24.3 Å². The molecule has 1 aliphatic carbocycles. The normalized spacial score (nSPS) is 20.5. The predicted octanol–water partition coefficient (Wildman–Crippen LogP) is 3.91. The number of fused-ring (bicyclic) bond motifs is 1. The monoisotopic (exact) mass is 303 g/mol. The second-order valence-electron chi connectivity index (χ2n) is 6.75. The Morgan fingerprint density at radius 1 is 1.18 bits per heavy atom. The van der Waals surface area contributed by atoms with Crippen molar-refractivity contribution in [1.82, 2.24) is 5.32 Å². The summed E-state index contributed by atoms with van der Waals surface area (Å²) in [4.78, 5) is 12.1. The van der Waals surface area contributed by atoms with Crippen molar-refractivity contribution >= 4 is 12.2 Å². The summed E-state index contributed by atoms with van der Waals surface area (Å²) in [7, 11) is 1.64. The van der Waals surface area contributed by atoms with Gasteiger partial charge in [-0.2, -0.15) is 0 Å². The Morgan fingerprint density at radius 2 is 1.82 bits per heavy atom. The van der Waals surface area contributed by atoms with E-state index in [0.717, 1.165) is 11.1 Å². The minimum Gasteiger partial charge on any atom is -0.444 e.